The van der Waals surface area contributed by atoms with E-state index in [4.69, 9.17) is 9.84 Å². The lowest BCUT2D eigenvalue weighted by atomic mass is 10.4. The third-order valence-electron chi connectivity index (χ3n) is 2.55. The van der Waals surface area contributed by atoms with Crippen LogP contribution in [0.3, 0.4) is 0 Å². The molecule has 7 nitrogen and oxygen atoms in total. The van der Waals surface area contributed by atoms with Gasteiger partial charge >= 0.3 is 5.97 Å². The molecule has 0 aromatic heterocycles. The van der Waals surface area contributed by atoms with Crippen LogP contribution in [-0.2, 0) is 19.1 Å². The summed E-state index contributed by atoms with van der Waals surface area (Å²) in [5.74, 6) is -1.76. The Morgan fingerprint density at radius 2 is 2.06 bits per heavy atom. The fourth-order valence-corrected chi connectivity index (χ4v) is 1.18. The van der Waals surface area contributed by atoms with E-state index < -0.39 is 18.0 Å². The normalized spacial score (nSPS) is 15.9. The Balaban J connectivity index is 2.22. The summed E-state index contributed by atoms with van der Waals surface area (Å²) < 4.78 is 4.84. The molecule has 0 aromatic carbocycles. The fraction of sp³-hybridized carbons (Fsp3) is 0.727. The molecule has 0 aromatic rings. The summed E-state index contributed by atoms with van der Waals surface area (Å²) in [6.45, 7) is 0.955. The summed E-state index contributed by atoms with van der Waals surface area (Å²) in [6, 6.07) is 0.254. The summed E-state index contributed by atoms with van der Waals surface area (Å²) in [5, 5.41) is 11.3. The van der Waals surface area contributed by atoms with E-state index >= 15 is 0 Å². The average Bonchev–Trinajstić information content (AvgIpc) is 3.08. The number of carbonyl (C=O) groups excluding carboxylic acids is 2. The fourth-order valence-electron chi connectivity index (χ4n) is 1.18. The second-order valence-corrected chi connectivity index (χ2v) is 4.38. The Hall–Kier alpha value is -1.63. The van der Waals surface area contributed by atoms with E-state index in [2.05, 4.69) is 5.32 Å². The van der Waals surface area contributed by atoms with Crippen molar-refractivity contribution in [2.75, 3.05) is 20.2 Å². The quantitative estimate of drug-likeness (QED) is 0.624. The number of nitrogens with zero attached hydrogens (tertiary/aromatic N) is 1. The van der Waals surface area contributed by atoms with Crippen molar-refractivity contribution in [2.24, 2.45) is 0 Å². The molecule has 1 saturated carbocycles. The van der Waals surface area contributed by atoms with E-state index in [1.54, 1.807) is 0 Å². The molecule has 7 heteroatoms. The summed E-state index contributed by atoms with van der Waals surface area (Å²) in [7, 11) is 1.48. The molecule has 2 N–H and O–H groups in total. The molecule has 102 valence electrons. The predicted molar refractivity (Wildman–Crippen MR) is 61.9 cm³/mol. The van der Waals surface area contributed by atoms with Gasteiger partial charge in [-0.25, -0.2) is 4.79 Å². The second-order valence-electron chi connectivity index (χ2n) is 4.38. The van der Waals surface area contributed by atoms with Crippen molar-refractivity contribution in [1.82, 2.24) is 10.2 Å². The minimum atomic E-state index is -1.13. The molecule has 1 fully saturated rings. The topological polar surface area (TPSA) is 95.9 Å². The zero-order valence-corrected chi connectivity index (χ0v) is 10.5. The largest absolute Gasteiger partial charge is 0.479 e. The first-order valence-corrected chi connectivity index (χ1v) is 5.78. The smallest absolute Gasteiger partial charge is 0.332 e. The van der Waals surface area contributed by atoms with Crippen LogP contribution < -0.4 is 5.32 Å². The van der Waals surface area contributed by atoms with Gasteiger partial charge in [-0.3, -0.25) is 9.59 Å². The SMILES string of the molecule is C[C@H](OCC(=O)N(C)CC(=O)NC1CC1)C(=O)O. The van der Waals surface area contributed by atoms with Crippen LogP contribution in [0.4, 0.5) is 0 Å². The highest BCUT2D eigenvalue weighted by molar-refractivity contribution is 5.85. The first kappa shape index (κ1) is 14.4. The number of likely N-dealkylation sites (N-methyl/N-ethyl adjacent to an activating group) is 1. The van der Waals surface area contributed by atoms with Gasteiger partial charge in [-0.05, 0) is 19.8 Å². The number of carbonyl (C=O) groups is 3. The maximum atomic E-state index is 11.5. The number of carboxylic acid groups (broad SMARTS) is 1. The van der Waals surface area contributed by atoms with E-state index in [1.165, 1.54) is 18.9 Å². The predicted octanol–water partition coefficient (Wildman–Crippen LogP) is -0.787. The lowest BCUT2D eigenvalue weighted by Crippen LogP contribution is -2.41. The van der Waals surface area contributed by atoms with Crippen molar-refractivity contribution in [2.45, 2.75) is 31.9 Å². The Morgan fingerprint density at radius 1 is 1.44 bits per heavy atom. The molecule has 0 aliphatic heterocycles. The van der Waals surface area contributed by atoms with E-state index in [1.807, 2.05) is 0 Å². The number of amides is 2. The van der Waals surface area contributed by atoms with Crippen LogP contribution in [0.1, 0.15) is 19.8 Å². The van der Waals surface area contributed by atoms with Gasteiger partial charge < -0.3 is 20.1 Å². The maximum absolute atomic E-state index is 11.5. The molecule has 0 heterocycles. The molecule has 0 unspecified atom stereocenters. The van der Waals surface area contributed by atoms with E-state index in [-0.39, 0.29) is 25.1 Å². The molecule has 0 saturated heterocycles. The van der Waals surface area contributed by atoms with E-state index in [9.17, 15) is 14.4 Å². The Bertz CT molecular complexity index is 340. The van der Waals surface area contributed by atoms with Crippen LogP contribution >= 0.6 is 0 Å². The molecule has 2 amide bonds. The summed E-state index contributed by atoms with van der Waals surface area (Å²) in [4.78, 5) is 34.6. The molecule has 1 atom stereocenters. The standard InChI is InChI=1S/C11H18N2O5/c1-7(11(16)17)18-6-10(15)13(2)5-9(14)12-8-3-4-8/h7-8H,3-6H2,1-2H3,(H,12,14)(H,16,17)/t7-/m0/s1. The van der Waals surface area contributed by atoms with Gasteiger partial charge in [0, 0.05) is 13.1 Å². The number of aliphatic carboxylic acids is 1. The first-order chi connectivity index (χ1) is 8.40. The van der Waals surface area contributed by atoms with Gasteiger partial charge in [0.1, 0.15) is 6.61 Å². The monoisotopic (exact) mass is 258 g/mol. The van der Waals surface area contributed by atoms with Gasteiger partial charge in [0.05, 0.1) is 6.54 Å². The van der Waals surface area contributed by atoms with Crippen LogP contribution in [0.5, 0.6) is 0 Å². The lowest BCUT2D eigenvalue weighted by molar-refractivity contribution is -0.153. The number of rotatable bonds is 7. The molecule has 0 radical (unpaired) electrons. The van der Waals surface area contributed by atoms with Crippen molar-refractivity contribution in [3.63, 3.8) is 0 Å². The highest BCUT2D eigenvalue weighted by Gasteiger charge is 2.24. The highest BCUT2D eigenvalue weighted by atomic mass is 16.5. The molecule has 0 bridgehead atoms. The summed E-state index contributed by atoms with van der Waals surface area (Å²) >= 11 is 0. The first-order valence-electron chi connectivity index (χ1n) is 5.78. The van der Waals surface area contributed by atoms with Crippen molar-refractivity contribution in [3.05, 3.63) is 0 Å². The number of carboxylic acids is 1. The van der Waals surface area contributed by atoms with Gasteiger partial charge in [0.2, 0.25) is 11.8 Å². The molecular formula is C11H18N2O5. The number of hydrogen-bond donors (Lipinski definition) is 2. The second kappa shape index (κ2) is 6.34. The van der Waals surface area contributed by atoms with Gasteiger partial charge in [0.25, 0.3) is 0 Å². The summed E-state index contributed by atoms with van der Waals surface area (Å²) in [5.41, 5.74) is 0. The molecule has 18 heavy (non-hydrogen) atoms. The van der Waals surface area contributed by atoms with Crippen molar-refractivity contribution < 1.29 is 24.2 Å². The zero-order chi connectivity index (χ0) is 13.7. The van der Waals surface area contributed by atoms with E-state index in [0.29, 0.717) is 0 Å². The van der Waals surface area contributed by atoms with Crippen molar-refractivity contribution in [1.29, 1.82) is 0 Å². The zero-order valence-electron chi connectivity index (χ0n) is 10.5. The number of hydrogen-bond acceptors (Lipinski definition) is 4. The lowest BCUT2D eigenvalue weighted by Gasteiger charge is -2.17. The van der Waals surface area contributed by atoms with Gasteiger partial charge in [0.15, 0.2) is 6.10 Å². The average molecular weight is 258 g/mol. The third-order valence-corrected chi connectivity index (χ3v) is 2.55. The Kier molecular flexibility index (Phi) is 5.08. The van der Waals surface area contributed by atoms with Gasteiger partial charge in [-0.15, -0.1) is 0 Å². The Labute approximate surface area is 105 Å². The van der Waals surface area contributed by atoms with E-state index in [0.717, 1.165) is 12.8 Å². The molecule has 1 aliphatic carbocycles. The number of nitrogens with one attached hydrogen (secondary N) is 1. The van der Waals surface area contributed by atoms with Crippen LogP contribution in [0, 0.1) is 0 Å². The van der Waals surface area contributed by atoms with Crippen LogP contribution in [-0.4, -0.2) is 60.1 Å². The summed E-state index contributed by atoms with van der Waals surface area (Å²) in [6.07, 6.45) is 0.938. The minimum Gasteiger partial charge on any atom is -0.479 e. The van der Waals surface area contributed by atoms with Crippen molar-refractivity contribution in [3.8, 4) is 0 Å². The third kappa shape index (κ3) is 5.13. The molecule has 1 rings (SSSR count). The van der Waals surface area contributed by atoms with Gasteiger partial charge in [-0.2, -0.15) is 0 Å². The molecule has 0 spiro atoms. The maximum Gasteiger partial charge on any atom is 0.332 e. The van der Waals surface area contributed by atoms with Crippen LogP contribution in [0.15, 0.2) is 0 Å². The Morgan fingerprint density at radius 3 is 2.56 bits per heavy atom. The van der Waals surface area contributed by atoms with Crippen LogP contribution in [0.2, 0.25) is 0 Å². The number of ether oxygens (including phenoxy) is 1. The van der Waals surface area contributed by atoms with Gasteiger partial charge in [-0.1, -0.05) is 0 Å². The van der Waals surface area contributed by atoms with Crippen LogP contribution in [0.25, 0.3) is 0 Å². The highest BCUT2D eigenvalue weighted by Crippen LogP contribution is 2.18. The van der Waals surface area contributed by atoms with Crippen molar-refractivity contribution >= 4 is 17.8 Å². The molecular weight excluding hydrogens is 240 g/mol. The molecule has 1 aliphatic rings. The minimum absolute atomic E-state index is 0.0415.